The topological polar surface area (TPSA) is 88.7 Å². The number of carbonyl (C=O) groups excluding carboxylic acids is 1. The van der Waals surface area contributed by atoms with Crippen LogP contribution >= 0.6 is 0 Å². The summed E-state index contributed by atoms with van der Waals surface area (Å²) in [5.41, 5.74) is 2.57. The molecule has 0 unspecified atom stereocenters. The first-order valence-corrected chi connectivity index (χ1v) is 12.0. The lowest BCUT2D eigenvalue weighted by atomic mass is 10.1. The lowest BCUT2D eigenvalue weighted by molar-refractivity contribution is -0.192. The number of hydrogen-bond acceptors (Lipinski definition) is 4. The molecule has 1 saturated heterocycles. The second-order valence-corrected chi connectivity index (χ2v) is 9.23. The number of aliphatic carboxylic acids is 1. The lowest BCUT2D eigenvalue weighted by Crippen LogP contribution is -2.44. The van der Waals surface area contributed by atoms with Crippen LogP contribution in [0.2, 0.25) is 0 Å². The SMILES string of the molecule is Cc1ccc2[nH]cc(CCC(=O)Nc3ccc(N4CCN(C)CC4)cc3C(F)(F)F)c2c1.O=C(O)C(F)(F)F. The van der Waals surface area contributed by atoms with Crippen molar-refractivity contribution in [3.8, 4) is 0 Å². The molecule has 4 rings (SSSR count). The van der Waals surface area contributed by atoms with Crippen LogP contribution in [0.5, 0.6) is 0 Å². The standard InChI is InChI=1S/C24H27F3N4O.C2HF3O2/c1-16-3-6-21-19(13-16)17(15-28-21)4-8-23(32)29-22-7-5-18(14-20(22)24(25,26)27)31-11-9-30(2)10-12-31;3-2(4,5)1(6)7/h3,5-7,13-15,28H,4,8-12H2,1-2H3,(H,29,32);(H,6,7). The molecule has 7 nitrogen and oxygen atoms in total. The van der Waals surface area contributed by atoms with E-state index in [1.54, 1.807) is 6.07 Å². The number of aromatic amines is 1. The van der Waals surface area contributed by atoms with Crippen molar-refractivity contribution in [2.75, 3.05) is 43.4 Å². The zero-order valence-electron chi connectivity index (χ0n) is 21.2. The number of alkyl halides is 6. The number of likely N-dealkylation sites (N-methyl/N-ethyl adjacent to an activating group) is 1. The van der Waals surface area contributed by atoms with Crippen LogP contribution in [0.15, 0.2) is 42.6 Å². The van der Waals surface area contributed by atoms with E-state index in [4.69, 9.17) is 9.90 Å². The minimum absolute atomic E-state index is 0.0956. The predicted octanol–water partition coefficient (Wildman–Crippen LogP) is 5.45. The first kappa shape index (κ1) is 29.8. The van der Waals surface area contributed by atoms with Crippen LogP contribution in [0.25, 0.3) is 10.9 Å². The number of carbonyl (C=O) groups is 2. The summed E-state index contributed by atoms with van der Waals surface area (Å²) in [6, 6.07) is 10.2. The van der Waals surface area contributed by atoms with E-state index in [9.17, 15) is 31.1 Å². The van der Waals surface area contributed by atoms with Gasteiger partial charge < -0.3 is 25.2 Å². The first-order valence-electron chi connectivity index (χ1n) is 12.0. The smallest absolute Gasteiger partial charge is 0.475 e. The minimum atomic E-state index is -5.08. The highest BCUT2D eigenvalue weighted by Gasteiger charge is 2.38. The van der Waals surface area contributed by atoms with Crippen molar-refractivity contribution in [1.29, 1.82) is 0 Å². The molecule has 2 heterocycles. The maximum atomic E-state index is 13.7. The highest BCUT2D eigenvalue weighted by molar-refractivity contribution is 5.93. The summed E-state index contributed by atoms with van der Waals surface area (Å²) in [4.78, 5) is 28.7. The highest BCUT2D eigenvalue weighted by Crippen LogP contribution is 2.37. The Kier molecular flexibility index (Phi) is 9.15. The number of benzene rings is 2. The van der Waals surface area contributed by atoms with E-state index in [0.29, 0.717) is 25.2 Å². The molecule has 1 aliphatic rings. The zero-order chi connectivity index (χ0) is 29.0. The number of fused-ring (bicyclic) bond motifs is 1. The Balaban J connectivity index is 0.000000532. The van der Waals surface area contributed by atoms with Crippen LogP contribution in [0, 0.1) is 6.92 Å². The van der Waals surface area contributed by atoms with Crippen molar-refractivity contribution < 1.29 is 41.0 Å². The van der Waals surface area contributed by atoms with Crippen LogP contribution in [0.4, 0.5) is 37.7 Å². The van der Waals surface area contributed by atoms with Crippen molar-refractivity contribution in [1.82, 2.24) is 9.88 Å². The van der Waals surface area contributed by atoms with E-state index < -0.39 is 29.8 Å². The number of rotatable bonds is 5. The number of anilines is 2. The molecule has 0 spiro atoms. The van der Waals surface area contributed by atoms with Gasteiger partial charge in [-0.05, 0) is 56.3 Å². The van der Waals surface area contributed by atoms with Gasteiger partial charge in [-0.25, -0.2) is 4.79 Å². The fourth-order valence-corrected chi connectivity index (χ4v) is 4.10. The summed E-state index contributed by atoms with van der Waals surface area (Å²) >= 11 is 0. The zero-order valence-corrected chi connectivity index (χ0v) is 21.2. The molecule has 0 atom stereocenters. The van der Waals surface area contributed by atoms with Gasteiger partial charge >= 0.3 is 18.3 Å². The second-order valence-electron chi connectivity index (χ2n) is 9.23. The van der Waals surface area contributed by atoms with Gasteiger partial charge in [0, 0.05) is 55.4 Å². The van der Waals surface area contributed by atoms with Gasteiger partial charge in [0.25, 0.3) is 0 Å². The molecule has 39 heavy (non-hydrogen) atoms. The number of carboxylic acids is 1. The Bertz CT molecular complexity index is 1310. The largest absolute Gasteiger partial charge is 0.490 e. The number of amides is 1. The average molecular weight is 559 g/mol. The van der Waals surface area contributed by atoms with Crippen molar-refractivity contribution in [3.63, 3.8) is 0 Å². The van der Waals surface area contributed by atoms with Gasteiger partial charge in [-0.3, -0.25) is 4.79 Å². The van der Waals surface area contributed by atoms with E-state index in [0.717, 1.165) is 41.2 Å². The number of hydrogen-bond donors (Lipinski definition) is 3. The van der Waals surface area contributed by atoms with Crippen LogP contribution in [-0.2, 0) is 22.2 Å². The molecule has 1 aromatic heterocycles. The molecule has 0 aliphatic carbocycles. The summed E-state index contributed by atoms with van der Waals surface area (Å²) in [5.74, 6) is -3.20. The van der Waals surface area contributed by atoms with Gasteiger partial charge in [-0.1, -0.05) is 11.6 Å². The molecule has 1 fully saturated rings. The van der Waals surface area contributed by atoms with E-state index in [1.807, 2.05) is 43.3 Å². The average Bonchev–Trinajstić information content (AvgIpc) is 3.24. The number of H-pyrrole nitrogens is 1. The van der Waals surface area contributed by atoms with Crippen molar-refractivity contribution in [3.05, 3.63) is 59.3 Å². The molecule has 0 radical (unpaired) electrons. The Morgan fingerprint density at radius 1 is 1.00 bits per heavy atom. The maximum Gasteiger partial charge on any atom is 0.490 e. The molecule has 1 amide bonds. The van der Waals surface area contributed by atoms with E-state index in [-0.39, 0.29) is 12.1 Å². The molecular weight excluding hydrogens is 530 g/mol. The number of nitrogens with zero attached hydrogens (tertiary/aromatic N) is 2. The third-order valence-corrected chi connectivity index (χ3v) is 6.24. The normalized spacial score (nSPS) is 14.6. The number of nitrogens with one attached hydrogen (secondary N) is 2. The molecular formula is C26H28F6N4O3. The third-order valence-electron chi connectivity index (χ3n) is 6.24. The maximum absolute atomic E-state index is 13.7. The molecule has 13 heteroatoms. The van der Waals surface area contributed by atoms with Crippen LogP contribution < -0.4 is 10.2 Å². The van der Waals surface area contributed by atoms with Gasteiger partial charge in [0.05, 0.1) is 11.3 Å². The van der Waals surface area contributed by atoms with E-state index in [1.165, 1.54) is 6.07 Å². The summed E-state index contributed by atoms with van der Waals surface area (Å²) in [5, 5.41) is 10.6. The van der Waals surface area contributed by atoms with E-state index >= 15 is 0 Å². The number of halogens is 6. The summed E-state index contributed by atoms with van der Waals surface area (Å²) < 4.78 is 73.0. The lowest BCUT2D eigenvalue weighted by Gasteiger charge is -2.34. The van der Waals surface area contributed by atoms with Crippen molar-refractivity contribution >= 4 is 34.2 Å². The number of carboxylic acid groups (broad SMARTS) is 1. The van der Waals surface area contributed by atoms with Crippen molar-refractivity contribution in [2.24, 2.45) is 0 Å². The summed E-state index contributed by atoms with van der Waals surface area (Å²) in [7, 11) is 1.99. The molecule has 0 bridgehead atoms. The van der Waals surface area contributed by atoms with Crippen molar-refractivity contribution in [2.45, 2.75) is 32.1 Å². The third kappa shape index (κ3) is 8.12. The van der Waals surface area contributed by atoms with Crippen LogP contribution in [0.1, 0.15) is 23.1 Å². The fraction of sp³-hybridized carbons (Fsp3) is 0.385. The molecule has 0 saturated carbocycles. The Morgan fingerprint density at radius 2 is 1.64 bits per heavy atom. The fourth-order valence-electron chi connectivity index (χ4n) is 4.10. The first-order chi connectivity index (χ1) is 18.1. The summed E-state index contributed by atoms with van der Waals surface area (Å²) in [6.45, 7) is 4.93. The quantitative estimate of drug-likeness (QED) is 0.363. The van der Waals surface area contributed by atoms with Crippen LogP contribution in [-0.4, -0.2) is 66.3 Å². The molecule has 3 N–H and O–H groups in total. The molecule has 1 aliphatic heterocycles. The number of aromatic nitrogens is 1. The number of piperazine rings is 1. The van der Waals surface area contributed by atoms with Gasteiger partial charge in [0.1, 0.15) is 0 Å². The molecule has 3 aromatic rings. The monoisotopic (exact) mass is 558 g/mol. The van der Waals surface area contributed by atoms with Crippen LogP contribution in [0.3, 0.4) is 0 Å². The second kappa shape index (κ2) is 12.0. The minimum Gasteiger partial charge on any atom is -0.475 e. The Morgan fingerprint density at radius 3 is 2.23 bits per heavy atom. The van der Waals surface area contributed by atoms with Gasteiger partial charge in [-0.2, -0.15) is 26.3 Å². The Hall–Kier alpha value is -3.74. The van der Waals surface area contributed by atoms with E-state index in [2.05, 4.69) is 15.2 Å². The number of aryl methyl sites for hydroxylation is 2. The van der Waals surface area contributed by atoms with Gasteiger partial charge in [-0.15, -0.1) is 0 Å². The predicted molar refractivity (Wildman–Crippen MR) is 135 cm³/mol. The van der Waals surface area contributed by atoms with Gasteiger partial charge in [0.15, 0.2) is 0 Å². The Labute approximate surface area is 220 Å². The van der Waals surface area contributed by atoms with Gasteiger partial charge in [0.2, 0.25) is 5.91 Å². The molecule has 2 aromatic carbocycles. The summed E-state index contributed by atoms with van der Waals surface area (Å²) in [6.07, 6.45) is -7.25. The highest BCUT2D eigenvalue weighted by atomic mass is 19.4. The molecule has 212 valence electrons.